The number of ketones is 1. The molecule has 0 bridgehead atoms. The second kappa shape index (κ2) is 3.53. The second-order valence-electron chi connectivity index (χ2n) is 2.71. The first-order chi connectivity index (χ1) is 5.25. The zero-order valence-electron chi connectivity index (χ0n) is 6.67. The first-order valence-corrected chi connectivity index (χ1v) is 3.83. The van der Waals surface area contributed by atoms with Crippen molar-refractivity contribution in [1.82, 2.24) is 0 Å². The van der Waals surface area contributed by atoms with Crippen LogP contribution in [0.5, 0.6) is 0 Å². The summed E-state index contributed by atoms with van der Waals surface area (Å²) in [5.74, 6) is 0.423. The van der Waals surface area contributed by atoms with Crippen molar-refractivity contribution in [2.24, 2.45) is 11.7 Å². The number of ether oxygens (including phenoxy) is 1. The number of carbonyl (C=O) groups excluding carboxylic acids is 1. The van der Waals surface area contributed by atoms with Crippen molar-refractivity contribution in [3.8, 4) is 0 Å². The van der Waals surface area contributed by atoms with E-state index in [1.54, 1.807) is 0 Å². The normalized spacial score (nSPS) is 18.9. The van der Waals surface area contributed by atoms with Gasteiger partial charge in [0, 0.05) is 18.9 Å². The van der Waals surface area contributed by atoms with Gasteiger partial charge >= 0.3 is 0 Å². The minimum atomic E-state index is -0.112. The molecule has 1 aliphatic rings. The average molecular weight is 155 g/mol. The maximum absolute atomic E-state index is 11.3. The molecule has 1 heterocycles. The van der Waals surface area contributed by atoms with Gasteiger partial charge in [-0.3, -0.25) is 4.79 Å². The third-order valence-corrected chi connectivity index (χ3v) is 1.75. The van der Waals surface area contributed by atoms with Crippen LogP contribution in [-0.2, 0) is 9.53 Å². The van der Waals surface area contributed by atoms with E-state index in [-0.39, 0.29) is 11.7 Å². The van der Waals surface area contributed by atoms with Crippen molar-refractivity contribution in [3.05, 3.63) is 11.8 Å². The van der Waals surface area contributed by atoms with Crippen LogP contribution in [0.25, 0.3) is 0 Å². The molecule has 11 heavy (non-hydrogen) atoms. The van der Waals surface area contributed by atoms with Gasteiger partial charge in [0.25, 0.3) is 0 Å². The van der Waals surface area contributed by atoms with E-state index in [0.29, 0.717) is 18.9 Å². The summed E-state index contributed by atoms with van der Waals surface area (Å²) >= 11 is 0. The van der Waals surface area contributed by atoms with Crippen molar-refractivity contribution in [2.45, 2.75) is 13.3 Å². The molecule has 3 heteroatoms. The zero-order chi connectivity index (χ0) is 8.27. The van der Waals surface area contributed by atoms with Gasteiger partial charge < -0.3 is 10.5 Å². The van der Waals surface area contributed by atoms with Gasteiger partial charge in [-0.05, 0) is 6.08 Å². The van der Waals surface area contributed by atoms with Crippen LogP contribution < -0.4 is 5.73 Å². The highest BCUT2D eigenvalue weighted by atomic mass is 16.5. The summed E-state index contributed by atoms with van der Waals surface area (Å²) in [7, 11) is 0. The fourth-order valence-corrected chi connectivity index (χ4v) is 0.939. The fraction of sp³-hybridized carbons (Fsp3) is 0.625. The highest BCUT2D eigenvalue weighted by molar-refractivity contribution is 5.95. The molecular weight excluding hydrogens is 142 g/mol. The summed E-state index contributed by atoms with van der Waals surface area (Å²) in [4.78, 5) is 11.3. The SMILES string of the molecule is CC(CN)C(=O)C1=CCCO1. The molecule has 1 aliphatic heterocycles. The van der Waals surface area contributed by atoms with Gasteiger partial charge in [-0.25, -0.2) is 0 Å². The van der Waals surface area contributed by atoms with Crippen molar-refractivity contribution in [1.29, 1.82) is 0 Å². The number of Topliss-reactive ketones (excluding diaryl/α,β-unsaturated/α-hetero) is 1. The number of hydrogen-bond donors (Lipinski definition) is 1. The van der Waals surface area contributed by atoms with E-state index in [1.807, 2.05) is 13.0 Å². The molecule has 0 radical (unpaired) electrons. The lowest BCUT2D eigenvalue weighted by Gasteiger charge is -2.07. The molecule has 0 saturated heterocycles. The highest BCUT2D eigenvalue weighted by Gasteiger charge is 2.19. The monoisotopic (exact) mass is 155 g/mol. The van der Waals surface area contributed by atoms with E-state index in [2.05, 4.69) is 0 Å². The van der Waals surface area contributed by atoms with Crippen LogP contribution in [0.2, 0.25) is 0 Å². The Labute approximate surface area is 66.2 Å². The van der Waals surface area contributed by atoms with Crippen LogP contribution in [0.3, 0.4) is 0 Å². The van der Waals surface area contributed by atoms with Crippen LogP contribution in [0.4, 0.5) is 0 Å². The summed E-state index contributed by atoms with van der Waals surface area (Å²) in [6.45, 7) is 2.84. The van der Waals surface area contributed by atoms with E-state index in [1.165, 1.54) is 0 Å². The van der Waals surface area contributed by atoms with Gasteiger partial charge in [0.05, 0.1) is 6.61 Å². The minimum absolute atomic E-state index is 0.0324. The first kappa shape index (κ1) is 8.27. The van der Waals surface area contributed by atoms with E-state index in [4.69, 9.17) is 10.5 Å². The second-order valence-corrected chi connectivity index (χ2v) is 2.71. The van der Waals surface area contributed by atoms with Crippen LogP contribution in [0, 0.1) is 5.92 Å². The Balaban J connectivity index is 2.53. The molecule has 0 aromatic heterocycles. The van der Waals surface area contributed by atoms with Crippen molar-refractivity contribution in [2.75, 3.05) is 13.2 Å². The van der Waals surface area contributed by atoms with Crippen molar-refractivity contribution >= 4 is 5.78 Å². The Morgan fingerprint density at radius 3 is 3.09 bits per heavy atom. The lowest BCUT2D eigenvalue weighted by atomic mass is 10.1. The van der Waals surface area contributed by atoms with Crippen LogP contribution >= 0.6 is 0 Å². The van der Waals surface area contributed by atoms with Gasteiger partial charge in [0.15, 0.2) is 5.76 Å². The molecule has 0 spiro atoms. The predicted octanol–water partition coefficient (Wildman–Crippen LogP) is 0.455. The third-order valence-electron chi connectivity index (χ3n) is 1.75. The Bertz CT molecular complexity index is 187. The van der Waals surface area contributed by atoms with Crippen LogP contribution in [0.15, 0.2) is 11.8 Å². The van der Waals surface area contributed by atoms with Gasteiger partial charge in [-0.2, -0.15) is 0 Å². The molecule has 1 rings (SSSR count). The minimum Gasteiger partial charge on any atom is -0.490 e. The number of hydrogen-bond acceptors (Lipinski definition) is 3. The molecular formula is C8H13NO2. The number of nitrogens with two attached hydrogens (primary N) is 1. The summed E-state index contributed by atoms with van der Waals surface area (Å²) in [6.07, 6.45) is 2.67. The Hall–Kier alpha value is -0.830. The number of allylic oxidation sites excluding steroid dienone is 1. The Kier molecular flexibility index (Phi) is 2.65. The van der Waals surface area contributed by atoms with Gasteiger partial charge in [-0.1, -0.05) is 6.92 Å². The molecule has 0 aliphatic carbocycles. The number of rotatable bonds is 3. The van der Waals surface area contributed by atoms with Crippen LogP contribution in [0.1, 0.15) is 13.3 Å². The van der Waals surface area contributed by atoms with Crippen molar-refractivity contribution in [3.63, 3.8) is 0 Å². The summed E-state index contributed by atoms with van der Waals surface area (Å²) in [5, 5.41) is 0. The maximum Gasteiger partial charge on any atom is 0.201 e. The van der Waals surface area contributed by atoms with Crippen molar-refractivity contribution < 1.29 is 9.53 Å². The quantitative estimate of drug-likeness (QED) is 0.644. The molecule has 0 saturated carbocycles. The molecule has 0 aromatic rings. The third kappa shape index (κ3) is 1.80. The topological polar surface area (TPSA) is 52.3 Å². The van der Waals surface area contributed by atoms with E-state index in [0.717, 1.165) is 6.42 Å². The molecule has 2 N–H and O–H groups in total. The van der Waals surface area contributed by atoms with Gasteiger partial charge in [-0.15, -0.1) is 0 Å². The van der Waals surface area contributed by atoms with Crippen LogP contribution in [-0.4, -0.2) is 18.9 Å². The molecule has 0 aromatic carbocycles. The summed E-state index contributed by atoms with van der Waals surface area (Å²) in [6, 6.07) is 0. The van der Waals surface area contributed by atoms with Gasteiger partial charge in [0.1, 0.15) is 0 Å². The molecule has 1 atom stereocenters. The lowest BCUT2D eigenvalue weighted by molar-refractivity contribution is -0.121. The number of carbonyl (C=O) groups is 1. The smallest absolute Gasteiger partial charge is 0.201 e. The van der Waals surface area contributed by atoms with Gasteiger partial charge in [0.2, 0.25) is 5.78 Å². The Morgan fingerprint density at radius 2 is 2.64 bits per heavy atom. The summed E-state index contributed by atoms with van der Waals surface area (Å²) in [5.41, 5.74) is 5.34. The molecule has 1 unspecified atom stereocenters. The largest absolute Gasteiger partial charge is 0.490 e. The predicted molar refractivity (Wildman–Crippen MR) is 41.9 cm³/mol. The van der Waals surface area contributed by atoms with E-state index >= 15 is 0 Å². The van der Waals surface area contributed by atoms with E-state index in [9.17, 15) is 4.79 Å². The van der Waals surface area contributed by atoms with E-state index < -0.39 is 0 Å². The standard InChI is InChI=1S/C8H13NO2/c1-6(5-9)8(10)7-3-2-4-11-7/h3,6H,2,4-5,9H2,1H3. The molecule has 62 valence electrons. The average Bonchev–Trinajstić information content (AvgIpc) is 2.53. The molecule has 0 fully saturated rings. The first-order valence-electron chi connectivity index (χ1n) is 3.83. The molecule has 3 nitrogen and oxygen atoms in total. The summed E-state index contributed by atoms with van der Waals surface area (Å²) < 4.78 is 5.09. The lowest BCUT2D eigenvalue weighted by Crippen LogP contribution is -2.22. The highest BCUT2D eigenvalue weighted by Crippen LogP contribution is 2.13. The maximum atomic E-state index is 11.3. The fourth-order valence-electron chi connectivity index (χ4n) is 0.939. The zero-order valence-corrected chi connectivity index (χ0v) is 6.67. The molecule has 0 amide bonds. The Morgan fingerprint density at radius 1 is 1.91 bits per heavy atom.